The van der Waals surface area contributed by atoms with Crippen LogP contribution in [0.4, 0.5) is 0 Å². The van der Waals surface area contributed by atoms with Crippen molar-refractivity contribution in [1.82, 2.24) is 0 Å². The van der Waals surface area contributed by atoms with Gasteiger partial charge in [-0.1, -0.05) is 225 Å². The number of quaternary nitrogens is 1. The van der Waals surface area contributed by atoms with Gasteiger partial charge in [-0.3, -0.25) is 9.59 Å². The van der Waals surface area contributed by atoms with Crippen LogP contribution in [0.25, 0.3) is 0 Å². The molecular weight excluding hydrogens is 803 g/mol. The van der Waals surface area contributed by atoms with E-state index in [1.54, 1.807) is 0 Å². The monoisotopic (exact) mass is 909 g/mol. The molecule has 0 saturated heterocycles. The first kappa shape index (κ1) is 62.0. The van der Waals surface area contributed by atoms with E-state index in [1.165, 1.54) is 199 Å². The van der Waals surface area contributed by atoms with E-state index in [0.717, 1.165) is 38.5 Å². The lowest BCUT2D eigenvalue weighted by atomic mass is 10.0. The molecule has 0 aliphatic carbocycles. The summed E-state index contributed by atoms with van der Waals surface area (Å²) in [4.78, 5) is 37.3. The van der Waals surface area contributed by atoms with Crippen molar-refractivity contribution in [2.75, 3.05) is 47.5 Å². The summed E-state index contributed by atoms with van der Waals surface area (Å²) in [6.07, 6.45) is 49.9. The highest BCUT2D eigenvalue weighted by Crippen LogP contribution is 2.17. The minimum Gasteiger partial charge on any atom is -0.477 e. The standard InChI is InChI=1S/C55H105NO8/c1-6-8-10-12-14-16-18-20-22-24-25-26-27-28-29-30-32-34-36-38-40-42-44-46-53(58)64-51(50-63-55(54(59)60)61-48-47-56(3,4)5)49-62-52(57)45-43-41-39-37-35-33-31-23-21-19-17-15-13-11-9-7-2/h24-25,51,55H,6-23,26-50H2,1-5H3/p+1/b25-24-. The molecule has 378 valence electrons. The zero-order chi connectivity index (χ0) is 47.0. The summed E-state index contributed by atoms with van der Waals surface area (Å²) < 4.78 is 22.9. The molecule has 0 bridgehead atoms. The normalized spacial score (nSPS) is 12.8. The summed E-state index contributed by atoms with van der Waals surface area (Å²) in [6.45, 7) is 4.92. The van der Waals surface area contributed by atoms with Crippen LogP contribution in [0.15, 0.2) is 12.2 Å². The van der Waals surface area contributed by atoms with Crippen molar-refractivity contribution in [3.8, 4) is 0 Å². The maximum Gasteiger partial charge on any atom is 0.361 e. The molecule has 0 saturated carbocycles. The van der Waals surface area contributed by atoms with Crippen LogP contribution in [-0.2, 0) is 33.3 Å². The molecule has 0 radical (unpaired) electrons. The molecule has 0 aromatic rings. The van der Waals surface area contributed by atoms with Gasteiger partial charge in [-0.25, -0.2) is 4.79 Å². The Labute approximate surface area is 395 Å². The van der Waals surface area contributed by atoms with Gasteiger partial charge in [-0.2, -0.15) is 0 Å². The van der Waals surface area contributed by atoms with Gasteiger partial charge in [0.05, 0.1) is 34.4 Å². The number of carbonyl (C=O) groups is 3. The quantitative estimate of drug-likeness (QED) is 0.0211. The van der Waals surface area contributed by atoms with Gasteiger partial charge in [0.25, 0.3) is 6.29 Å². The van der Waals surface area contributed by atoms with E-state index in [2.05, 4.69) is 26.0 Å². The fourth-order valence-corrected chi connectivity index (χ4v) is 8.01. The Bertz CT molecular complexity index is 1060. The highest BCUT2D eigenvalue weighted by Gasteiger charge is 2.25. The van der Waals surface area contributed by atoms with Crippen molar-refractivity contribution >= 4 is 17.9 Å². The number of carbonyl (C=O) groups excluding carboxylic acids is 2. The van der Waals surface area contributed by atoms with Crippen LogP contribution >= 0.6 is 0 Å². The molecule has 2 unspecified atom stereocenters. The molecule has 0 spiro atoms. The molecule has 64 heavy (non-hydrogen) atoms. The Morgan fingerprint density at radius 1 is 0.453 bits per heavy atom. The van der Waals surface area contributed by atoms with Gasteiger partial charge in [0.15, 0.2) is 6.10 Å². The van der Waals surface area contributed by atoms with Crippen LogP contribution in [0.3, 0.4) is 0 Å². The number of unbranched alkanes of at least 4 members (excludes halogenated alkanes) is 34. The van der Waals surface area contributed by atoms with E-state index in [4.69, 9.17) is 18.9 Å². The van der Waals surface area contributed by atoms with Crippen LogP contribution in [0.5, 0.6) is 0 Å². The van der Waals surface area contributed by atoms with Gasteiger partial charge in [-0.15, -0.1) is 0 Å². The lowest BCUT2D eigenvalue weighted by Crippen LogP contribution is -2.40. The molecule has 0 rings (SSSR count). The van der Waals surface area contributed by atoms with Gasteiger partial charge in [0.2, 0.25) is 0 Å². The molecule has 2 atom stereocenters. The molecule has 0 aliphatic rings. The summed E-state index contributed by atoms with van der Waals surface area (Å²) >= 11 is 0. The molecule has 9 heteroatoms. The maximum absolute atomic E-state index is 12.8. The summed E-state index contributed by atoms with van der Waals surface area (Å²) in [6, 6.07) is 0. The maximum atomic E-state index is 12.8. The van der Waals surface area contributed by atoms with Crippen LogP contribution in [0, 0.1) is 0 Å². The van der Waals surface area contributed by atoms with E-state index >= 15 is 0 Å². The van der Waals surface area contributed by atoms with Crippen LogP contribution < -0.4 is 0 Å². The summed E-state index contributed by atoms with van der Waals surface area (Å²) in [5, 5.41) is 9.68. The van der Waals surface area contributed by atoms with Crippen LogP contribution in [-0.4, -0.2) is 87.4 Å². The zero-order valence-corrected chi connectivity index (χ0v) is 43.0. The second kappa shape index (κ2) is 47.5. The molecule has 0 aliphatic heterocycles. The summed E-state index contributed by atoms with van der Waals surface area (Å²) in [7, 11) is 5.97. The lowest BCUT2D eigenvalue weighted by Gasteiger charge is -2.25. The predicted molar refractivity (Wildman–Crippen MR) is 268 cm³/mol. The van der Waals surface area contributed by atoms with Crippen molar-refractivity contribution in [1.29, 1.82) is 0 Å². The number of rotatable bonds is 51. The van der Waals surface area contributed by atoms with Crippen LogP contribution in [0.1, 0.15) is 264 Å². The van der Waals surface area contributed by atoms with Gasteiger partial charge < -0.3 is 28.5 Å². The van der Waals surface area contributed by atoms with Crippen LogP contribution in [0.2, 0.25) is 0 Å². The van der Waals surface area contributed by atoms with E-state index in [1.807, 2.05) is 21.1 Å². The number of nitrogens with zero attached hydrogens (tertiary/aromatic N) is 1. The van der Waals surface area contributed by atoms with Gasteiger partial charge in [0.1, 0.15) is 13.2 Å². The first-order valence-electron chi connectivity index (χ1n) is 27.4. The molecule has 0 heterocycles. The molecule has 0 fully saturated rings. The van der Waals surface area contributed by atoms with Gasteiger partial charge >= 0.3 is 17.9 Å². The number of carboxylic acids is 1. The summed E-state index contributed by atoms with van der Waals surface area (Å²) in [5.41, 5.74) is 0. The Balaban J connectivity index is 4.24. The molecule has 9 nitrogen and oxygen atoms in total. The third-order valence-electron chi connectivity index (χ3n) is 12.3. The number of hydrogen-bond donors (Lipinski definition) is 1. The van der Waals surface area contributed by atoms with Crippen molar-refractivity contribution in [2.24, 2.45) is 0 Å². The minimum absolute atomic E-state index is 0.175. The summed E-state index contributed by atoms with van der Waals surface area (Å²) in [5.74, 6) is -1.98. The second-order valence-corrected chi connectivity index (χ2v) is 19.9. The fourth-order valence-electron chi connectivity index (χ4n) is 8.01. The Morgan fingerprint density at radius 2 is 0.797 bits per heavy atom. The van der Waals surface area contributed by atoms with E-state index in [-0.39, 0.29) is 38.2 Å². The predicted octanol–water partition coefficient (Wildman–Crippen LogP) is 15.4. The number of likely N-dealkylation sites (N-methyl/N-ethyl adjacent to an activating group) is 1. The third-order valence-corrected chi connectivity index (χ3v) is 12.3. The third kappa shape index (κ3) is 48.0. The van der Waals surface area contributed by atoms with E-state index < -0.39 is 18.4 Å². The highest BCUT2D eigenvalue weighted by atomic mass is 16.7. The zero-order valence-electron chi connectivity index (χ0n) is 43.0. The Morgan fingerprint density at radius 3 is 1.16 bits per heavy atom. The second-order valence-electron chi connectivity index (χ2n) is 19.9. The van der Waals surface area contributed by atoms with E-state index in [0.29, 0.717) is 17.4 Å². The first-order valence-corrected chi connectivity index (χ1v) is 27.4. The highest BCUT2D eigenvalue weighted by molar-refractivity contribution is 5.71. The van der Waals surface area contributed by atoms with Crippen molar-refractivity contribution in [3.05, 3.63) is 12.2 Å². The lowest BCUT2D eigenvalue weighted by molar-refractivity contribution is -0.870. The number of allylic oxidation sites excluding steroid dienone is 2. The largest absolute Gasteiger partial charge is 0.477 e. The topological polar surface area (TPSA) is 108 Å². The van der Waals surface area contributed by atoms with Crippen molar-refractivity contribution < 1.29 is 42.9 Å². The Hall–Kier alpha value is -1.97. The Kier molecular flexibility index (Phi) is 46.1. The number of carboxylic acid groups (broad SMARTS) is 1. The molecular formula is C55H106NO8+. The molecule has 0 amide bonds. The average Bonchev–Trinajstić information content (AvgIpc) is 3.26. The SMILES string of the molecule is CCCCCCCCCC/C=C\CCCCCCCCCCCCCC(=O)OC(COC(=O)CCCCCCCCCCCCCCCCCC)COC(OCC[N+](C)(C)C)C(=O)O. The minimum atomic E-state index is -1.50. The number of aliphatic carboxylic acids is 1. The molecule has 1 N–H and O–H groups in total. The average molecular weight is 909 g/mol. The van der Waals surface area contributed by atoms with Gasteiger partial charge in [0, 0.05) is 12.8 Å². The number of esters is 2. The van der Waals surface area contributed by atoms with Crippen molar-refractivity contribution in [3.63, 3.8) is 0 Å². The van der Waals surface area contributed by atoms with Gasteiger partial charge in [-0.05, 0) is 38.5 Å². The van der Waals surface area contributed by atoms with Crippen molar-refractivity contribution in [2.45, 2.75) is 277 Å². The number of ether oxygens (including phenoxy) is 4. The first-order chi connectivity index (χ1) is 31.1. The molecule has 0 aromatic heterocycles. The number of hydrogen-bond acceptors (Lipinski definition) is 7. The smallest absolute Gasteiger partial charge is 0.361 e. The molecule has 0 aromatic carbocycles. The fraction of sp³-hybridized carbons (Fsp3) is 0.909. The van der Waals surface area contributed by atoms with E-state index in [9.17, 15) is 19.5 Å².